The first-order chi connectivity index (χ1) is 19.9. The van der Waals surface area contributed by atoms with Gasteiger partial charge in [-0.3, -0.25) is 9.59 Å². The molecule has 0 aromatic heterocycles. The van der Waals surface area contributed by atoms with Crippen LogP contribution in [-0.2, 0) is 20.7 Å². The van der Waals surface area contributed by atoms with Gasteiger partial charge in [0.05, 0.1) is 0 Å². The summed E-state index contributed by atoms with van der Waals surface area (Å²) in [6.07, 6.45) is 11.3. The van der Waals surface area contributed by atoms with Gasteiger partial charge in [0.2, 0.25) is 11.8 Å². The Hall–Kier alpha value is -3.79. The minimum atomic E-state index is -0.943. The van der Waals surface area contributed by atoms with E-state index in [9.17, 15) is 14.4 Å². The van der Waals surface area contributed by atoms with E-state index in [1.54, 1.807) is 49.9 Å². The molecule has 2 N–H and O–H groups in total. The van der Waals surface area contributed by atoms with Gasteiger partial charge in [-0.05, 0) is 64.3 Å². The van der Waals surface area contributed by atoms with Gasteiger partial charge in [0, 0.05) is 24.6 Å². The summed E-state index contributed by atoms with van der Waals surface area (Å²) >= 11 is 0. The first kappa shape index (κ1) is 34.4. The first-order valence-electron chi connectivity index (χ1n) is 15.2. The number of carbonyl (C=O) groups is 3. The van der Waals surface area contributed by atoms with Gasteiger partial charge in [-0.25, -0.2) is 4.79 Å². The third kappa shape index (κ3) is 12.0. The minimum absolute atomic E-state index is 0.129. The van der Waals surface area contributed by atoms with Crippen LogP contribution in [0.4, 0.5) is 4.79 Å². The molecule has 0 aliphatic heterocycles. The van der Waals surface area contributed by atoms with Crippen molar-refractivity contribution in [3.8, 4) is 12.3 Å². The van der Waals surface area contributed by atoms with E-state index in [0.29, 0.717) is 17.7 Å². The van der Waals surface area contributed by atoms with E-state index in [4.69, 9.17) is 11.2 Å². The molecule has 2 aromatic carbocycles. The topological polar surface area (TPSA) is 87.7 Å². The zero-order valence-corrected chi connectivity index (χ0v) is 26.2. The molecule has 0 fully saturated rings. The molecule has 2 aromatic rings. The highest BCUT2D eigenvalue weighted by Crippen LogP contribution is 2.25. The Morgan fingerprint density at radius 1 is 0.905 bits per heavy atom. The quantitative estimate of drug-likeness (QED) is 0.186. The second-order valence-electron chi connectivity index (χ2n) is 12.0. The highest BCUT2D eigenvalue weighted by molar-refractivity contribution is 5.92. The summed E-state index contributed by atoms with van der Waals surface area (Å²) in [5.74, 6) is 1.98. The first-order valence-corrected chi connectivity index (χ1v) is 15.2. The fourth-order valence-corrected chi connectivity index (χ4v) is 4.73. The van der Waals surface area contributed by atoms with Gasteiger partial charge in [-0.1, -0.05) is 87.4 Å². The van der Waals surface area contributed by atoms with E-state index in [1.165, 1.54) is 6.42 Å². The van der Waals surface area contributed by atoms with Crippen LogP contribution in [0.25, 0.3) is 0 Å². The highest BCUT2D eigenvalue weighted by atomic mass is 16.6. The Labute approximate surface area is 252 Å². The molecular weight excluding hydrogens is 526 g/mol. The monoisotopic (exact) mass is 575 g/mol. The normalized spacial score (nSPS) is 12.6. The Bertz CT molecular complexity index is 1160. The SMILES string of the molecule is C#Cc1ccc(C(C(=O)NC(C)C)N(CCCCCCCC)C(=O)C(Cc2ccccc2)NC(=O)OC(C)(C)C)cc1. The molecule has 0 saturated carbocycles. The van der Waals surface area contributed by atoms with Crippen molar-refractivity contribution in [1.29, 1.82) is 0 Å². The molecule has 2 unspecified atom stereocenters. The molecule has 0 saturated heterocycles. The van der Waals surface area contributed by atoms with E-state index in [-0.39, 0.29) is 24.3 Å². The van der Waals surface area contributed by atoms with Crippen LogP contribution in [0.5, 0.6) is 0 Å². The Morgan fingerprint density at radius 2 is 1.52 bits per heavy atom. The lowest BCUT2D eigenvalue weighted by Crippen LogP contribution is -2.54. The van der Waals surface area contributed by atoms with Gasteiger partial charge >= 0.3 is 6.09 Å². The second kappa shape index (κ2) is 17.2. The van der Waals surface area contributed by atoms with Gasteiger partial charge < -0.3 is 20.3 Å². The zero-order valence-electron chi connectivity index (χ0n) is 26.2. The second-order valence-corrected chi connectivity index (χ2v) is 12.0. The predicted octanol–water partition coefficient (Wildman–Crippen LogP) is 6.56. The molecule has 2 atom stereocenters. The molecular formula is C35H49N3O4. The van der Waals surface area contributed by atoms with Gasteiger partial charge in [-0.15, -0.1) is 6.42 Å². The molecule has 0 aliphatic carbocycles. The maximum atomic E-state index is 14.5. The van der Waals surface area contributed by atoms with E-state index in [0.717, 1.165) is 37.7 Å². The number of nitrogens with zero attached hydrogens (tertiary/aromatic N) is 1. The summed E-state index contributed by atoms with van der Waals surface area (Å²) < 4.78 is 5.52. The number of hydrogen-bond acceptors (Lipinski definition) is 4. The van der Waals surface area contributed by atoms with Crippen LogP contribution in [-0.4, -0.2) is 47.0 Å². The van der Waals surface area contributed by atoms with Crippen molar-refractivity contribution < 1.29 is 19.1 Å². The molecule has 42 heavy (non-hydrogen) atoms. The van der Waals surface area contributed by atoms with Crippen molar-refractivity contribution in [3.05, 3.63) is 71.3 Å². The Balaban J connectivity index is 2.52. The molecule has 0 bridgehead atoms. The van der Waals surface area contributed by atoms with Gasteiger partial charge in [0.1, 0.15) is 17.7 Å². The van der Waals surface area contributed by atoms with Crippen LogP contribution in [0.2, 0.25) is 0 Å². The van der Waals surface area contributed by atoms with Gasteiger partial charge in [0.15, 0.2) is 0 Å². The third-order valence-corrected chi connectivity index (χ3v) is 6.69. The number of amides is 3. The fraction of sp³-hybridized carbons (Fsp3) is 0.514. The Kier molecular flexibility index (Phi) is 14.1. The van der Waals surface area contributed by atoms with Gasteiger partial charge in [0.25, 0.3) is 0 Å². The molecule has 7 heteroatoms. The maximum absolute atomic E-state index is 14.5. The van der Waals surface area contributed by atoms with Crippen molar-refractivity contribution in [2.45, 2.75) is 110 Å². The van der Waals surface area contributed by atoms with Crippen molar-refractivity contribution in [2.75, 3.05) is 6.54 Å². The van der Waals surface area contributed by atoms with Crippen molar-refractivity contribution in [2.24, 2.45) is 0 Å². The summed E-state index contributed by atoms with van der Waals surface area (Å²) in [5, 5.41) is 5.81. The smallest absolute Gasteiger partial charge is 0.408 e. The molecule has 7 nitrogen and oxygen atoms in total. The fourth-order valence-electron chi connectivity index (χ4n) is 4.73. The molecule has 0 radical (unpaired) electrons. The number of carbonyl (C=O) groups excluding carboxylic acids is 3. The number of benzene rings is 2. The van der Waals surface area contributed by atoms with Crippen LogP contribution in [0.15, 0.2) is 54.6 Å². The van der Waals surface area contributed by atoms with Crippen molar-refractivity contribution in [1.82, 2.24) is 15.5 Å². The number of nitrogens with one attached hydrogen (secondary N) is 2. The lowest BCUT2D eigenvalue weighted by Gasteiger charge is -2.35. The van der Waals surface area contributed by atoms with E-state index in [2.05, 4.69) is 23.5 Å². The number of ether oxygens (including phenoxy) is 1. The minimum Gasteiger partial charge on any atom is -0.444 e. The van der Waals surface area contributed by atoms with Crippen molar-refractivity contribution in [3.63, 3.8) is 0 Å². The van der Waals surface area contributed by atoms with Crippen LogP contribution in [0, 0.1) is 12.3 Å². The van der Waals surface area contributed by atoms with E-state index >= 15 is 0 Å². The van der Waals surface area contributed by atoms with Gasteiger partial charge in [-0.2, -0.15) is 0 Å². The van der Waals surface area contributed by atoms with Crippen LogP contribution in [0.3, 0.4) is 0 Å². The average molecular weight is 576 g/mol. The lowest BCUT2D eigenvalue weighted by atomic mass is 9.98. The maximum Gasteiger partial charge on any atom is 0.408 e. The number of hydrogen-bond donors (Lipinski definition) is 2. The van der Waals surface area contributed by atoms with E-state index in [1.807, 2.05) is 44.2 Å². The predicted molar refractivity (Wildman–Crippen MR) is 169 cm³/mol. The summed E-state index contributed by atoms with van der Waals surface area (Å²) in [6.45, 7) is 11.6. The van der Waals surface area contributed by atoms with E-state index < -0.39 is 23.8 Å². The zero-order chi connectivity index (χ0) is 31.1. The van der Waals surface area contributed by atoms with Crippen LogP contribution >= 0.6 is 0 Å². The summed E-state index contributed by atoms with van der Waals surface area (Å²) in [4.78, 5) is 42.8. The highest BCUT2D eigenvalue weighted by Gasteiger charge is 2.36. The number of rotatable bonds is 15. The standard InChI is InChI=1S/C35H49N3O4/c1-8-10-11-12-13-17-24-38(31(32(39)36-26(3)4)29-22-20-27(9-2)21-23-29)33(40)30(25-28-18-15-14-16-19-28)37-34(41)42-35(5,6)7/h2,14-16,18-23,26,30-31H,8,10-13,17,24-25H2,1,3-7H3,(H,36,39)(H,37,41). The largest absolute Gasteiger partial charge is 0.444 e. The molecule has 3 amide bonds. The number of alkyl carbamates (subject to hydrolysis) is 1. The average Bonchev–Trinajstić information content (AvgIpc) is 2.93. The molecule has 0 heterocycles. The van der Waals surface area contributed by atoms with Crippen molar-refractivity contribution >= 4 is 17.9 Å². The lowest BCUT2D eigenvalue weighted by molar-refractivity contribution is -0.142. The summed E-state index contributed by atoms with van der Waals surface area (Å²) in [7, 11) is 0. The summed E-state index contributed by atoms with van der Waals surface area (Å²) in [6, 6.07) is 14.7. The Morgan fingerprint density at radius 3 is 2.10 bits per heavy atom. The third-order valence-electron chi connectivity index (χ3n) is 6.69. The number of unbranched alkanes of at least 4 members (excludes halogenated alkanes) is 5. The number of terminal acetylenes is 1. The molecule has 228 valence electrons. The molecule has 0 spiro atoms. The van der Waals surface area contributed by atoms with Crippen LogP contribution in [0.1, 0.15) is 103 Å². The summed E-state index contributed by atoms with van der Waals surface area (Å²) in [5.41, 5.74) is 1.49. The molecule has 0 aliphatic rings. The molecule has 2 rings (SSSR count). The van der Waals surface area contributed by atoms with Crippen LogP contribution < -0.4 is 10.6 Å².